The molecule has 2 aromatic rings. The summed E-state index contributed by atoms with van der Waals surface area (Å²) in [7, 11) is 0. The minimum atomic E-state index is -1.20. The molecule has 1 aliphatic carbocycles. The lowest BCUT2D eigenvalue weighted by Gasteiger charge is -2.20. The highest BCUT2D eigenvalue weighted by atomic mass is 32.2. The van der Waals surface area contributed by atoms with E-state index in [1.165, 1.54) is 32.3 Å². The Labute approximate surface area is 177 Å². The van der Waals surface area contributed by atoms with E-state index in [1.54, 1.807) is 16.7 Å². The smallest absolute Gasteiger partial charge is 0.261 e. The molecule has 1 atom stereocenters. The number of anilines is 1. The van der Waals surface area contributed by atoms with Gasteiger partial charge in [-0.1, -0.05) is 19.3 Å². The number of hydrogen-bond donors (Lipinski definition) is 2. The van der Waals surface area contributed by atoms with Crippen LogP contribution >= 0.6 is 11.8 Å². The van der Waals surface area contributed by atoms with E-state index in [0.29, 0.717) is 36.3 Å². The Morgan fingerprint density at radius 1 is 1.27 bits per heavy atom. The van der Waals surface area contributed by atoms with E-state index in [2.05, 4.69) is 15.3 Å². The number of halogens is 2. The van der Waals surface area contributed by atoms with Gasteiger partial charge in [0.25, 0.3) is 5.56 Å². The van der Waals surface area contributed by atoms with Gasteiger partial charge in [-0.3, -0.25) is 9.59 Å². The second-order valence-electron chi connectivity index (χ2n) is 8.12. The van der Waals surface area contributed by atoms with Gasteiger partial charge in [-0.05, 0) is 25.3 Å². The Morgan fingerprint density at radius 3 is 2.73 bits per heavy atom. The number of H-pyrrole nitrogens is 1. The molecule has 1 unspecified atom stereocenters. The van der Waals surface area contributed by atoms with Crippen LogP contribution < -0.4 is 10.9 Å². The van der Waals surface area contributed by atoms with Crippen molar-refractivity contribution in [3.8, 4) is 0 Å². The number of aromatic amines is 1. The summed E-state index contributed by atoms with van der Waals surface area (Å²) in [6.07, 6.45) is 6.69. The number of thioether (sulfide) groups is 1. The van der Waals surface area contributed by atoms with Gasteiger partial charge < -0.3 is 15.2 Å². The second-order valence-corrected chi connectivity index (χ2v) is 9.41. The maximum Gasteiger partial charge on any atom is 0.261 e. The molecule has 1 saturated heterocycles. The normalized spacial score (nSPS) is 20.1. The molecule has 2 aliphatic rings. The van der Waals surface area contributed by atoms with E-state index in [4.69, 9.17) is 0 Å². The summed E-state index contributed by atoms with van der Waals surface area (Å²) in [5.41, 5.74) is -0.550. The molecule has 0 radical (unpaired) electrons. The average molecular weight is 437 g/mol. The highest BCUT2D eigenvalue weighted by Crippen LogP contribution is 2.30. The Hall–Kier alpha value is -2.16. The lowest BCUT2D eigenvalue weighted by molar-refractivity contribution is -0.127. The highest BCUT2D eigenvalue weighted by molar-refractivity contribution is 7.99. The Kier molecular flexibility index (Phi) is 6.26. The SMILES string of the molecule is CC(=O)N1CCC(Nc2cc3nc(CSC4CCCCC4)[nH]c(=O)c3c(F)c2F)C1. The molecule has 2 heterocycles. The molecule has 1 aromatic heterocycles. The predicted octanol–water partition coefficient (Wildman–Crippen LogP) is 3.80. The maximum atomic E-state index is 14.7. The number of carbonyl (C=O) groups excluding carboxylic acids is 1. The summed E-state index contributed by atoms with van der Waals surface area (Å²) in [5.74, 6) is -1.33. The van der Waals surface area contributed by atoms with Crippen molar-refractivity contribution in [1.82, 2.24) is 14.9 Å². The van der Waals surface area contributed by atoms with Crippen LogP contribution in [-0.4, -0.2) is 45.2 Å². The number of carbonyl (C=O) groups is 1. The number of aromatic nitrogens is 2. The quantitative estimate of drug-likeness (QED) is 0.746. The Bertz CT molecular complexity index is 1010. The average Bonchev–Trinajstić information content (AvgIpc) is 3.19. The fraction of sp³-hybridized carbons (Fsp3) is 0.571. The lowest BCUT2D eigenvalue weighted by Crippen LogP contribution is -2.30. The molecule has 6 nitrogen and oxygen atoms in total. The first kappa shape index (κ1) is 21.1. The fourth-order valence-electron chi connectivity index (χ4n) is 4.27. The molecule has 1 saturated carbocycles. The molecule has 0 spiro atoms. The third kappa shape index (κ3) is 4.45. The molecule has 2 N–H and O–H groups in total. The minimum Gasteiger partial charge on any atom is -0.378 e. The van der Waals surface area contributed by atoms with Crippen LogP contribution in [0.15, 0.2) is 10.9 Å². The summed E-state index contributed by atoms with van der Waals surface area (Å²) < 4.78 is 29.3. The number of fused-ring (bicyclic) bond motifs is 1. The number of amides is 1. The van der Waals surface area contributed by atoms with Gasteiger partial charge in [0.15, 0.2) is 11.6 Å². The van der Waals surface area contributed by atoms with E-state index in [-0.39, 0.29) is 28.5 Å². The standard InChI is InChI=1S/C21H26F2N4O2S/c1-12(28)27-8-7-13(10-27)24-16-9-15-18(20(23)19(16)22)21(29)26-17(25-15)11-30-14-5-3-2-4-6-14/h9,13-14,24H,2-8,10-11H2,1H3,(H,25,26,29). The van der Waals surface area contributed by atoms with Crippen LogP contribution in [0.5, 0.6) is 0 Å². The van der Waals surface area contributed by atoms with Crippen LogP contribution in [0, 0.1) is 11.6 Å². The third-order valence-corrected chi connectivity index (χ3v) is 7.31. The molecular weight excluding hydrogens is 410 g/mol. The van der Waals surface area contributed by atoms with Crippen LogP contribution in [0.4, 0.5) is 14.5 Å². The van der Waals surface area contributed by atoms with E-state index < -0.39 is 17.2 Å². The van der Waals surface area contributed by atoms with Gasteiger partial charge >= 0.3 is 0 Å². The Balaban J connectivity index is 1.57. The van der Waals surface area contributed by atoms with Crippen molar-refractivity contribution >= 4 is 34.3 Å². The third-order valence-electron chi connectivity index (χ3n) is 5.93. The van der Waals surface area contributed by atoms with E-state index in [0.717, 1.165) is 12.8 Å². The summed E-state index contributed by atoms with van der Waals surface area (Å²) in [6.45, 7) is 2.49. The zero-order valence-corrected chi connectivity index (χ0v) is 17.8. The van der Waals surface area contributed by atoms with Gasteiger partial charge in [0.1, 0.15) is 11.2 Å². The number of nitrogens with zero attached hydrogens (tertiary/aromatic N) is 2. The first-order valence-electron chi connectivity index (χ1n) is 10.5. The lowest BCUT2D eigenvalue weighted by atomic mass is 10.0. The molecule has 1 amide bonds. The maximum absolute atomic E-state index is 14.7. The van der Waals surface area contributed by atoms with Crippen LogP contribution in [0.25, 0.3) is 10.9 Å². The van der Waals surface area contributed by atoms with Crippen LogP contribution in [0.3, 0.4) is 0 Å². The van der Waals surface area contributed by atoms with Crippen LogP contribution in [0.1, 0.15) is 51.3 Å². The monoisotopic (exact) mass is 436 g/mol. The molecule has 1 aromatic carbocycles. The molecule has 9 heteroatoms. The molecule has 1 aliphatic heterocycles. The van der Waals surface area contributed by atoms with Gasteiger partial charge in [-0.15, -0.1) is 0 Å². The molecule has 162 valence electrons. The molecule has 2 fully saturated rings. The predicted molar refractivity (Wildman–Crippen MR) is 115 cm³/mol. The van der Waals surface area contributed by atoms with Gasteiger partial charge in [0, 0.05) is 31.3 Å². The zero-order chi connectivity index (χ0) is 21.3. The number of hydrogen-bond acceptors (Lipinski definition) is 5. The number of likely N-dealkylation sites (tertiary alicyclic amines) is 1. The largest absolute Gasteiger partial charge is 0.378 e. The van der Waals surface area contributed by atoms with Gasteiger partial charge in [-0.25, -0.2) is 13.8 Å². The summed E-state index contributed by atoms with van der Waals surface area (Å²) in [5, 5.41) is 3.17. The summed E-state index contributed by atoms with van der Waals surface area (Å²) >= 11 is 1.75. The summed E-state index contributed by atoms with van der Waals surface area (Å²) in [6, 6.07) is 1.22. The van der Waals surface area contributed by atoms with E-state index in [9.17, 15) is 18.4 Å². The second kappa shape index (κ2) is 8.91. The van der Waals surface area contributed by atoms with Crippen molar-refractivity contribution in [1.29, 1.82) is 0 Å². The van der Waals surface area contributed by atoms with Gasteiger partial charge in [-0.2, -0.15) is 11.8 Å². The Morgan fingerprint density at radius 2 is 2.03 bits per heavy atom. The highest BCUT2D eigenvalue weighted by Gasteiger charge is 2.26. The summed E-state index contributed by atoms with van der Waals surface area (Å²) in [4.78, 5) is 32.6. The number of benzene rings is 1. The molecule has 4 rings (SSSR count). The molecular formula is C21H26F2N4O2S. The first-order valence-corrected chi connectivity index (χ1v) is 11.5. The minimum absolute atomic E-state index is 0.0283. The molecule has 0 bridgehead atoms. The van der Waals surface area contributed by atoms with Crippen LogP contribution in [0.2, 0.25) is 0 Å². The zero-order valence-electron chi connectivity index (χ0n) is 17.0. The van der Waals surface area contributed by atoms with Crippen molar-refractivity contribution in [3.05, 3.63) is 33.9 Å². The van der Waals surface area contributed by atoms with Crippen molar-refractivity contribution in [2.45, 2.75) is 62.5 Å². The van der Waals surface area contributed by atoms with Crippen LogP contribution in [-0.2, 0) is 10.5 Å². The number of rotatable bonds is 5. The van der Waals surface area contributed by atoms with E-state index in [1.807, 2.05) is 0 Å². The van der Waals surface area contributed by atoms with E-state index >= 15 is 0 Å². The topological polar surface area (TPSA) is 78.1 Å². The number of nitrogens with one attached hydrogen (secondary N) is 2. The van der Waals surface area contributed by atoms with Gasteiger partial charge in [0.2, 0.25) is 5.91 Å². The van der Waals surface area contributed by atoms with Crippen molar-refractivity contribution in [2.75, 3.05) is 18.4 Å². The van der Waals surface area contributed by atoms with Crippen molar-refractivity contribution in [2.24, 2.45) is 0 Å². The fourth-order valence-corrected chi connectivity index (χ4v) is 5.47. The van der Waals surface area contributed by atoms with Gasteiger partial charge in [0.05, 0.1) is 17.0 Å². The van der Waals surface area contributed by atoms with Crippen molar-refractivity contribution in [3.63, 3.8) is 0 Å². The first-order chi connectivity index (χ1) is 14.4. The van der Waals surface area contributed by atoms with Crippen molar-refractivity contribution < 1.29 is 13.6 Å². The molecule has 30 heavy (non-hydrogen) atoms.